The summed E-state index contributed by atoms with van der Waals surface area (Å²) in [6, 6.07) is 7.88. The van der Waals surface area contributed by atoms with Gasteiger partial charge in [0, 0.05) is 5.41 Å². The van der Waals surface area contributed by atoms with Crippen molar-refractivity contribution in [3.05, 3.63) is 35.9 Å². The van der Waals surface area contributed by atoms with Crippen molar-refractivity contribution in [2.75, 3.05) is 0 Å². The van der Waals surface area contributed by atoms with Crippen molar-refractivity contribution < 1.29 is 14.7 Å². The van der Waals surface area contributed by atoms with Crippen LogP contribution in [0.15, 0.2) is 30.3 Å². The van der Waals surface area contributed by atoms with Crippen LogP contribution in [0.1, 0.15) is 50.6 Å². The fourth-order valence-electron chi connectivity index (χ4n) is 3.01. The predicted molar refractivity (Wildman–Crippen MR) is 76.2 cm³/mol. The molecule has 1 aliphatic carbocycles. The van der Waals surface area contributed by atoms with Gasteiger partial charge in [-0.25, -0.2) is 4.79 Å². The molecular formula is C16H21NO3. The largest absolute Gasteiger partial charge is 0.479 e. The molecule has 2 rings (SSSR count). The monoisotopic (exact) mass is 275 g/mol. The molecule has 1 aromatic rings. The highest BCUT2D eigenvalue weighted by atomic mass is 16.4. The number of hydrogen-bond donors (Lipinski definition) is 2. The van der Waals surface area contributed by atoms with Crippen LogP contribution < -0.4 is 5.32 Å². The van der Waals surface area contributed by atoms with E-state index in [0.717, 1.165) is 32.1 Å². The first-order valence-corrected chi connectivity index (χ1v) is 7.18. The van der Waals surface area contributed by atoms with E-state index in [0.29, 0.717) is 5.56 Å². The second kappa shape index (κ2) is 6.07. The zero-order valence-corrected chi connectivity index (χ0v) is 11.8. The zero-order chi connectivity index (χ0) is 14.6. The van der Waals surface area contributed by atoms with Gasteiger partial charge in [-0.1, -0.05) is 50.1 Å². The topological polar surface area (TPSA) is 66.4 Å². The third kappa shape index (κ3) is 2.84. The van der Waals surface area contributed by atoms with Crippen molar-refractivity contribution in [3.63, 3.8) is 0 Å². The number of benzene rings is 1. The van der Waals surface area contributed by atoms with E-state index >= 15 is 0 Å². The standard InChI is InChI=1S/C16H21NO3/c1-2-16(10-6-7-11-16)15(20)17-13(14(18)19)12-8-4-3-5-9-12/h3-5,8-9,13H,2,6-7,10-11H2,1H3,(H,17,20)(H,18,19)/t13-/m0/s1. The average molecular weight is 275 g/mol. The first-order valence-electron chi connectivity index (χ1n) is 7.18. The maximum absolute atomic E-state index is 12.5. The van der Waals surface area contributed by atoms with Gasteiger partial charge in [-0.15, -0.1) is 0 Å². The summed E-state index contributed by atoms with van der Waals surface area (Å²) in [6.07, 6.45) is 4.57. The smallest absolute Gasteiger partial charge is 0.330 e. The minimum atomic E-state index is -1.02. The SMILES string of the molecule is CCC1(C(=O)N[C@H](C(=O)O)c2ccccc2)CCCC1. The Labute approximate surface area is 119 Å². The molecule has 108 valence electrons. The van der Waals surface area contributed by atoms with E-state index in [4.69, 9.17) is 0 Å². The highest BCUT2D eigenvalue weighted by molar-refractivity contribution is 5.88. The zero-order valence-electron chi connectivity index (χ0n) is 11.8. The Balaban J connectivity index is 2.17. The van der Waals surface area contributed by atoms with Gasteiger partial charge in [0.25, 0.3) is 0 Å². The molecule has 2 N–H and O–H groups in total. The summed E-state index contributed by atoms with van der Waals surface area (Å²) in [5.41, 5.74) is 0.236. The average Bonchev–Trinajstić information content (AvgIpc) is 2.95. The molecule has 1 aromatic carbocycles. The van der Waals surface area contributed by atoms with Crippen LogP contribution in [-0.2, 0) is 9.59 Å². The van der Waals surface area contributed by atoms with E-state index in [1.165, 1.54) is 0 Å². The van der Waals surface area contributed by atoms with Gasteiger partial charge in [-0.2, -0.15) is 0 Å². The van der Waals surface area contributed by atoms with Crippen LogP contribution in [0.5, 0.6) is 0 Å². The van der Waals surface area contributed by atoms with Crippen LogP contribution in [0.25, 0.3) is 0 Å². The van der Waals surface area contributed by atoms with Crippen LogP contribution in [0.2, 0.25) is 0 Å². The molecule has 0 heterocycles. The summed E-state index contributed by atoms with van der Waals surface area (Å²) >= 11 is 0. The quantitative estimate of drug-likeness (QED) is 0.868. The number of carboxylic acid groups (broad SMARTS) is 1. The lowest BCUT2D eigenvalue weighted by molar-refractivity contribution is -0.144. The number of carbonyl (C=O) groups excluding carboxylic acids is 1. The number of nitrogens with one attached hydrogen (secondary N) is 1. The number of carbonyl (C=O) groups is 2. The number of rotatable bonds is 5. The molecule has 0 radical (unpaired) electrons. The van der Waals surface area contributed by atoms with E-state index in [-0.39, 0.29) is 11.3 Å². The number of hydrogen-bond acceptors (Lipinski definition) is 2. The van der Waals surface area contributed by atoms with E-state index in [2.05, 4.69) is 5.32 Å². The molecule has 1 fully saturated rings. The molecule has 20 heavy (non-hydrogen) atoms. The molecule has 4 heteroatoms. The molecule has 1 saturated carbocycles. The van der Waals surface area contributed by atoms with Crippen LogP contribution in [-0.4, -0.2) is 17.0 Å². The summed E-state index contributed by atoms with van der Waals surface area (Å²) in [5, 5.41) is 12.1. The molecule has 0 unspecified atom stereocenters. The summed E-state index contributed by atoms with van der Waals surface area (Å²) in [4.78, 5) is 23.9. The van der Waals surface area contributed by atoms with Crippen LogP contribution in [0.4, 0.5) is 0 Å². The van der Waals surface area contributed by atoms with Gasteiger partial charge >= 0.3 is 5.97 Å². The Morgan fingerprint density at radius 1 is 1.25 bits per heavy atom. The molecule has 4 nitrogen and oxygen atoms in total. The fourth-order valence-corrected chi connectivity index (χ4v) is 3.01. The van der Waals surface area contributed by atoms with Gasteiger partial charge in [0.05, 0.1) is 0 Å². The lowest BCUT2D eigenvalue weighted by Gasteiger charge is -2.28. The van der Waals surface area contributed by atoms with Crippen molar-refractivity contribution in [3.8, 4) is 0 Å². The molecule has 0 aromatic heterocycles. The molecule has 1 amide bonds. The van der Waals surface area contributed by atoms with E-state index < -0.39 is 12.0 Å². The van der Waals surface area contributed by atoms with E-state index in [1.807, 2.05) is 13.0 Å². The molecular weight excluding hydrogens is 254 g/mol. The number of aliphatic carboxylic acids is 1. The van der Waals surface area contributed by atoms with E-state index in [9.17, 15) is 14.7 Å². The maximum Gasteiger partial charge on any atom is 0.330 e. The maximum atomic E-state index is 12.5. The Bertz CT molecular complexity index is 478. The van der Waals surface area contributed by atoms with Crippen molar-refractivity contribution >= 4 is 11.9 Å². The van der Waals surface area contributed by atoms with Crippen LogP contribution in [0, 0.1) is 5.41 Å². The summed E-state index contributed by atoms with van der Waals surface area (Å²) < 4.78 is 0. The number of carboxylic acids is 1. The number of amides is 1. The van der Waals surface area contributed by atoms with Crippen molar-refractivity contribution in [1.82, 2.24) is 5.32 Å². The van der Waals surface area contributed by atoms with Crippen LogP contribution >= 0.6 is 0 Å². The van der Waals surface area contributed by atoms with Gasteiger partial charge in [-0.05, 0) is 24.8 Å². The first kappa shape index (κ1) is 14.6. The molecule has 0 aliphatic heterocycles. The second-order valence-electron chi connectivity index (χ2n) is 5.50. The minimum Gasteiger partial charge on any atom is -0.479 e. The van der Waals surface area contributed by atoms with Gasteiger partial charge in [-0.3, -0.25) is 4.79 Å². The van der Waals surface area contributed by atoms with Gasteiger partial charge in [0.1, 0.15) is 0 Å². The Morgan fingerprint density at radius 2 is 1.85 bits per heavy atom. The molecule has 0 saturated heterocycles. The lowest BCUT2D eigenvalue weighted by atomic mass is 9.82. The van der Waals surface area contributed by atoms with Crippen molar-refractivity contribution in [1.29, 1.82) is 0 Å². The van der Waals surface area contributed by atoms with Crippen molar-refractivity contribution in [2.24, 2.45) is 5.41 Å². The normalized spacial score (nSPS) is 18.4. The molecule has 1 atom stereocenters. The third-order valence-corrected chi connectivity index (χ3v) is 4.37. The highest BCUT2D eigenvalue weighted by Crippen LogP contribution is 2.41. The lowest BCUT2D eigenvalue weighted by Crippen LogP contribution is -2.43. The summed E-state index contributed by atoms with van der Waals surface area (Å²) in [6.45, 7) is 2.00. The van der Waals surface area contributed by atoms with Gasteiger partial charge in [0.2, 0.25) is 5.91 Å². The third-order valence-electron chi connectivity index (χ3n) is 4.37. The van der Waals surface area contributed by atoms with Gasteiger partial charge < -0.3 is 10.4 Å². The minimum absolute atomic E-state index is 0.117. The molecule has 1 aliphatic rings. The van der Waals surface area contributed by atoms with Gasteiger partial charge in [0.15, 0.2) is 6.04 Å². The fraction of sp³-hybridized carbons (Fsp3) is 0.500. The predicted octanol–water partition coefficient (Wildman–Crippen LogP) is 2.90. The second-order valence-corrected chi connectivity index (χ2v) is 5.50. The highest BCUT2D eigenvalue weighted by Gasteiger charge is 2.40. The Kier molecular flexibility index (Phi) is 4.42. The summed E-state index contributed by atoms with van der Waals surface area (Å²) in [5.74, 6) is -1.14. The van der Waals surface area contributed by atoms with Crippen LogP contribution in [0.3, 0.4) is 0 Å². The Morgan fingerprint density at radius 3 is 2.35 bits per heavy atom. The first-order chi connectivity index (χ1) is 9.59. The van der Waals surface area contributed by atoms with Crippen molar-refractivity contribution in [2.45, 2.75) is 45.1 Å². The van der Waals surface area contributed by atoms with E-state index in [1.54, 1.807) is 24.3 Å². The Hall–Kier alpha value is -1.84. The summed E-state index contributed by atoms with van der Waals surface area (Å²) in [7, 11) is 0. The molecule has 0 spiro atoms. The molecule has 0 bridgehead atoms.